The maximum Gasteiger partial charge on any atom is 0.251 e. The molecule has 22 heavy (non-hydrogen) atoms. The predicted octanol–water partition coefficient (Wildman–Crippen LogP) is 3.56. The first-order valence-corrected chi connectivity index (χ1v) is 8.30. The molecule has 0 aliphatic heterocycles. The van der Waals surface area contributed by atoms with Crippen molar-refractivity contribution in [2.75, 3.05) is 0 Å². The van der Waals surface area contributed by atoms with E-state index < -0.39 is 11.9 Å². The molecule has 4 nitrogen and oxygen atoms in total. The molecule has 1 aromatic rings. The number of allylic oxidation sites excluding steroid dienone is 1. The van der Waals surface area contributed by atoms with E-state index in [1.54, 1.807) is 18.2 Å². The number of halogens is 1. The lowest BCUT2D eigenvalue weighted by Gasteiger charge is -2.15. The minimum Gasteiger partial charge on any atom is -0.368 e. The molecule has 0 fully saturated rings. The Morgan fingerprint density at radius 2 is 2.00 bits per heavy atom. The summed E-state index contributed by atoms with van der Waals surface area (Å²) in [5, 5.41) is 2.71. The molecular formula is C17H23BrN2O2. The normalized spacial score (nSPS) is 11.7. The standard InChI is InChI=1S/C17H23BrN2O2/c1-2-3-4-5-6-7-11-15(16(19)21)20-17(22)13-9-8-10-14(18)12-13/h2,8-10,12,15H,1,3-7,11H2,(H2,19,21)(H,20,22)/t15-/m1/s1. The molecule has 0 aliphatic carbocycles. The number of hydrogen-bond acceptors (Lipinski definition) is 2. The molecule has 0 bridgehead atoms. The van der Waals surface area contributed by atoms with Crippen molar-refractivity contribution in [1.29, 1.82) is 0 Å². The molecule has 5 heteroatoms. The summed E-state index contributed by atoms with van der Waals surface area (Å²) >= 11 is 3.32. The number of nitrogens with one attached hydrogen (secondary N) is 1. The Balaban J connectivity index is 2.45. The lowest BCUT2D eigenvalue weighted by atomic mass is 10.1. The number of amides is 2. The van der Waals surface area contributed by atoms with E-state index in [0.29, 0.717) is 12.0 Å². The van der Waals surface area contributed by atoms with Gasteiger partial charge in [-0.25, -0.2) is 0 Å². The maximum absolute atomic E-state index is 12.1. The van der Waals surface area contributed by atoms with Crippen molar-refractivity contribution in [3.8, 4) is 0 Å². The first-order valence-electron chi connectivity index (χ1n) is 7.51. The van der Waals surface area contributed by atoms with E-state index in [4.69, 9.17) is 5.73 Å². The van der Waals surface area contributed by atoms with E-state index in [-0.39, 0.29) is 5.91 Å². The summed E-state index contributed by atoms with van der Waals surface area (Å²) in [5.41, 5.74) is 5.89. The summed E-state index contributed by atoms with van der Waals surface area (Å²) < 4.78 is 0.818. The highest BCUT2D eigenvalue weighted by atomic mass is 79.9. The molecule has 0 aliphatic rings. The summed E-state index contributed by atoms with van der Waals surface area (Å²) in [7, 11) is 0. The van der Waals surface area contributed by atoms with E-state index >= 15 is 0 Å². The third-order valence-corrected chi connectivity index (χ3v) is 3.88. The van der Waals surface area contributed by atoms with Crippen LogP contribution in [0, 0.1) is 0 Å². The number of benzene rings is 1. The summed E-state index contributed by atoms with van der Waals surface area (Å²) in [6.45, 7) is 3.69. The fraction of sp³-hybridized carbons (Fsp3) is 0.412. The van der Waals surface area contributed by atoms with Gasteiger partial charge in [0.15, 0.2) is 0 Å². The quantitative estimate of drug-likeness (QED) is 0.490. The highest BCUT2D eigenvalue weighted by Gasteiger charge is 2.18. The van der Waals surface area contributed by atoms with Gasteiger partial charge in [-0.15, -0.1) is 6.58 Å². The van der Waals surface area contributed by atoms with Gasteiger partial charge in [0.05, 0.1) is 0 Å². The molecule has 1 aromatic carbocycles. The number of hydrogen-bond donors (Lipinski definition) is 2. The number of carbonyl (C=O) groups excluding carboxylic acids is 2. The molecule has 3 N–H and O–H groups in total. The van der Waals surface area contributed by atoms with Crippen molar-refractivity contribution in [3.05, 3.63) is 47.0 Å². The highest BCUT2D eigenvalue weighted by Crippen LogP contribution is 2.12. The van der Waals surface area contributed by atoms with Crippen LogP contribution in [-0.4, -0.2) is 17.9 Å². The topological polar surface area (TPSA) is 72.2 Å². The molecule has 120 valence electrons. The highest BCUT2D eigenvalue weighted by molar-refractivity contribution is 9.10. The molecule has 0 radical (unpaired) electrons. The van der Waals surface area contributed by atoms with Crippen molar-refractivity contribution < 1.29 is 9.59 Å². The molecule has 0 heterocycles. The van der Waals surface area contributed by atoms with Crippen molar-refractivity contribution in [2.45, 2.75) is 44.6 Å². The van der Waals surface area contributed by atoms with Gasteiger partial charge >= 0.3 is 0 Å². The maximum atomic E-state index is 12.1. The Morgan fingerprint density at radius 3 is 2.64 bits per heavy atom. The average Bonchev–Trinajstić information content (AvgIpc) is 2.49. The van der Waals surface area contributed by atoms with Crippen LogP contribution in [0.4, 0.5) is 0 Å². The second-order valence-corrected chi connectivity index (χ2v) is 6.13. The molecule has 0 unspecified atom stereocenters. The van der Waals surface area contributed by atoms with E-state index in [1.807, 2.05) is 12.1 Å². The van der Waals surface area contributed by atoms with Crippen molar-refractivity contribution >= 4 is 27.7 Å². The average molecular weight is 367 g/mol. The minimum atomic E-state index is -0.620. The molecule has 0 saturated heterocycles. The number of carbonyl (C=O) groups is 2. The van der Waals surface area contributed by atoms with Gasteiger partial charge in [-0.3, -0.25) is 9.59 Å². The molecule has 0 saturated carbocycles. The monoisotopic (exact) mass is 366 g/mol. The van der Waals surface area contributed by atoms with Gasteiger partial charge < -0.3 is 11.1 Å². The van der Waals surface area contributed by atoms with Crippen LogP contribution in [0.1, 0.15) is 48.9 Å². The Bertz CT molecular complexity index is 517. The first-order chi connectivity index (χ1) is 10.5. The van der Waals surface area contributed by atoms with Crippen LogP contribution < -0.4 is 11.1 Å². The number of nitrogens with two attached hydrogens (primary N) is 1. The third-order valence-electron chi connectivity index (χ3n) is 3.39. The van der Waals surface area contributed by atoms with Crippen LogP contribution in [0.15, 0.2) is 41.4 Å². The Morgan fingerprint density at radius 1 is 1.27 bits per heavy atom. The van der Waals surface area contributed by atoms with Crippen LogP contribution in [0.3, 0.4) is 0 Å². The second-order valence-electron chi connectivity index (χ2n) is 5.22. The lowest BCUT2D eigenvalue weighted by molar-refractivity contribution is -0.120. The van der Waals surface area contributed by atoms with Gasteiger partial charge in [0.25, 0.3) is 5.91 Å². The minimum absolute atomic E-state index is 0.281. The first kappa shape index (κ1) is 18.4. The molecule has 0 spiro atoms. The number of rotatable bonds is 10. The van der Waals surface area contributed by atoms with Crippen LogP contribution in [-0.2, 0) is 4.79 Å². The van der Waals surface area contributed by atoms with E-state index in [0.717, 1.165) is 36.6 Å². The lowest BCUT2D eigenvalue weighted by Crippen LogP contribution is -2.44. The van der Waals surface area contributed by atoms with Crippen LogP contribution in [0.5, 0.6) is 0 Å². The zero-order valence-electron chi connectivity index (χ0n) is 12.7. The summed E-state index contributed by atoms with van der Waals surface area (Å²) in [4.78, 5) is 23.6. The van der Waals surface area contributed by atoms with E-state index in [2.05, 4.69) is 27.8 Å². The van der Waals surface area contributed by atoms with Crippen LogP contribution >= 0.6 is 15.9 Å². The Labute approximate surface area is 140 Å². The van der Waals surface area contributed by atoms with Gasteiger partial charge in [-0.1, -0.05) is 47.3 Å². The van der Waals surface area contributed by atoms with Gasteiger partial charge in [0, 0.05) is 10.0 Å². The molecular weight excluding hydrogens is 344 g/mol. The van der Waals surface area contributed by atoms with Crippen molar-refractivity contribution in [1.82, 2.24) is 5.32 Å². The summed E-state index contributed by atoms with van der Waals surface area (Å²) in [6, 6.07) is 6.41. The SMILES string of the molecule is C=CCCCCCC[C@@H](NC(=O)c1cccc(Br)c1)C(N)=O. The molecule has 1 atom stereocenters. The van der Waals surface area contributed by atoms with Crippen molar-refractivity contribution in [2.24, 2.45) is 5.73 Å². The number of primary amides is 1. The van der Waals surface area contributed by atoms with E-state index in [9.17, 15) is 9.59 Å². The van der Waals surface area contributed by atoms with Crippen LogP contribution in [0.2, 0.25) is 0 Å². The largest absolute Gasteiger partial charge is 0.368 e. The number of unbranched alkanes of at least 4 members (excludes halogenated alkanes) is 4. The van der Waals surface area contributed by atoms with Gasteiger partial charge in [0.1, 0.15) is 6.04 Å². The molecule has 1 rings (SSSR count). The van der Waals surface area contributed by atoms with Gasteiger partial charge in [-0.05, 0) is 37.5 Å². The molecule has 0 aromatic heterocycles. The summed E-state index contributed by atoms with van der Waals surface area (Å²) in [5.74, 6) is -0.772. The molecule has 2 amide bonds. The second kappa shape index (κ2) is 10.2. The van der Waals surface area contributed by atoms with Gasteiger partial charge in [-0.2, -0.15) is 0 Å². The Kier molecular flexibility index (Phi) is 8.51. The van der Waals surface area contributed by atoms with Crippen LogP contribution in [0.25, 0.3) is 0 Å². The fourth-order valence-electron chi connectivity index (χ4n) is 2.15. The zero-order chi connectivity index (χ0) is 16.4. The zero-order valence-corrected chi connectivity index (χ0v) is 14.3. The van der Waals surface area contributed by atoms with Crippen molar-refractivity contribution in [3.63, 3.8) is 0 Å². The predicted molar refractivity (Wildman–Crippen MR) is 92.5 cm³/mol. The fourth-order valence-corrected chi connectivity index (χ4v) is 2.55. The van der Waals surface area contributed by atoms with Gasteiger partial charge in [0.2, 0.25) is 5.91 Å². The summed E-state index contributed by atoms with van der Waals surface area (Å²) in [6.07, 6.45) is 7.58. The Hall–Kier alpha value is -1.62. The van der Waals surface area contributed by atoms with E-state index in [1.165, 1.54) is 0 Å². The third kappa shape index (κ3) is 6.89. The smallest absolute Gasteiger partial charge is 0.251 e.